The van der Waals surface area contributed by atoms with Crippen molar-refractivity contribution < 1.29 is 9.16 Å². The van der Waals surface area contributed by atoms with Gasteiger partial charge in [-0.2, -0.15) is 0 Å². The zero-order valence-corrected chi connectivity index (χ0v) is 20.3. The molecule has 0 aromatic heterocycles. The second kappa shape index (κ2) is 7.24. The van der Waals surface area contributed by atoms with Gasteiger partial charge in [0.2, 0.25) is 3.79 Å². The first kappa shape index (κ1) is 22.5. The van der Waals surface area contributed by atoms with Crippen LogP contribution in [0.3, 0.4) is 0 Å². The molecule has 0 aliphatic carbocycles. The molecule has 148 valence electrons. The summed E-state index contributed by atoms with van der Waals surface area (Å²) in [5, 5.41) is 0.0277. The first-order valence-corrected chi connectivity index (χ1v) is 13.1. The third kappa shape index (κ3) is 5.18. The van der Waals surface area contributed by atoms with E-state index in [0.717, 1.165) is 5.56 Å². The molecule has 1 aliphatic rings. The molecule has 0 saturated carbocycles. The van der Waals surface area contributed by atoms with Gasteiger partial charge in [0.15, 0.2) is 8.32 Å². The van der Waals surface area contributed by atoms with E-state index in [0.29, 0.717) is 0 Å². The Kier molecular flexibility index (Phi) is 6.27. The Morgan fingerprint density at radius 1 is 0.962 bits per heavy atom. The number of benzene rings is 1. The Bertz CT molecular complexity index is 624. The first-order chi connectivity index (χ1) is 11.5. The largest absolute Gasteiger partial charge is 0.407 e. The predicted octanol–water partition coefficient (Wildman–Crippen LogP) is 7.18. The van der Waals surface area contributed by atoms with E-state index in [1.165, 1.54) is 5.56 Å². The lowest BCUT2D eigenvalue weighted by molar-refractivity contribution is 0.145. The fraction of sp³-hybridized carbons (Fsp3) is 0.700. The summed E-state index contributed by atoms with van der Waals surface area (Å²) in [5.74, 6) is 0. The second-order valence-corrected chi connectivity index (χ2v) is 16.9. The number of hydrogen-bond acceptors (Lipinski definition) is 2. The number of epoxide rings is 1. The van der Waals surface area contributed by atoms with Crippen molar-refractivity contribution in [2.45, 2.75) is 87.2 Å². The second-order valence-electron chi connectivity index (χ2n) is 9.73. The molecule has 26 heavy (non-hydrogen) atoms. The van der Waals surface area contributed by atoms with E-state index >= 15 is 0 Å². The van der Waals surface area contributed by atoms with Gasteiger partial charge in [-0.05, 0) is 34.7 Å². The standard InChI is InChI=1S/C20H31Cl3O2Si/c1-18(2,3)14-11-9-13(10-12-14)15-16(24-15)17(20(21,22)23)25-26(7,8)19(4,5)6/h9-12,15-17H,1-8H3/t15-,16+,17+/m0/s1. The molecule has 6 heteroatoms. The average molecular weight is 438 g/mol. The lowest BCUT2D eigenvalue weighted by Gasteiger charge is -2.40. The summed E-state index contributed by atoms with van der Waals surface area (Å²) in [5.41, 5.74) is 2.50. The van der Waals surface area contributed by atoms with E-state index in [1.54, 1.807) is 0 Å². The molecular formula is C20H31Cl3O2Si. The van der Waals surface area contributed by atoms with Crippen molar-refractivity contribution >= 4 is 43.1 Å². The summed E-state index contributed by atoms with van der Waals surface area (Å²) in [6, 6.07) is 8.50. The van der Waals surface area contributed by atoms with Crippen LogP contribution < -0.4 is 0 Å². The lowest BCUT2D eigenvalue weighted by atomic mass is 9.86. The fourth-order valence-electron chi connectivity index (χ4n) is 2.61. The summed E-state index contributed by atoms with van der Waals surface area (Å²) in [4.78, 5) is 0. The van der Waals surface area contributed by atoms with Crippen LogP contribution in [0.5, 0.6) is 0 Å². The first-order valence-electron chi connectivity index (χ1n) is 9.04. The van der Waals surface area contributed by atoms with Crippen LogP contribution in [0.1, 0.15) is 58.8 Å². The maximum Gasteiger partial charge on any atom is 0.217 e. The molecule has 1 aliphatic heterocycles. The minimum Gasteiger partial charge on any atom is -0.407 e. The molecule has 2 nitrogen and oxygen atoms in total. The third-order valence-corrected chi connectivity index (χ3v) is 10.6. The SMILES string of the molecule is CC(C)(C)c1ccc([C@@H]2O[C@H]2[C@@H](O[Si](C)(C)C(C)(C)C)C(Cl)(Cl)Cl)cc1. The Labute approximate surface area is 174 Å². The number of hydrogen-bond donors (Lipinski definition) is 0. The quantitative estimate of drug-likeness (QED) is 0.282. The highest BCUT2D eigenvalue weighted by molar-refractivity contribution is 6.74. The van der Waals surface area contributed by atoms with Crippen molar-refractivity contribution in [3.63, 3.8) is 0 Å². The van der Waals surface area contributed by atoms with Gasteiger partial charge in [0.05, 0.1) is 0 Å². The number of alkyl halides is 3. The summed E-state index contributed by atoms with van der Waals surface area (Å²) >= 11 is 18.8. The summed E-state index contributed by atoms with van der Waals surface area (Å²) in [6.45, 7) is 17.4. The van der Waals surface area contributed by atoms with Gasteiger partial charge in [-0.1, -0.05) is 101 Å². The van der Waals surface area contributed by atoms with E-state index in [1.807, 2.05) is 0 Å². The molecule has 0 bridgehead atoms. The normalized spacial score (nSPS) is 23.0. The molecule has 1 fully saturated rings. The van der Waals surface area contributed by atoms with Crippen LogP contribution in [0.4, 0.5) is 0 Å². The van der Waals surface area contributed by atoms with Crippen LogP contribution in [0.25, 0.3) is 0 Å². The van der Waals surface area contributed by atoms with Crippen LogP contribution >= 0.6 is 34.8 Å². The molecule has 0 radical (unpaired) electrons. The number of rotatable bonds is 4. The zero-order chi connectivity index (χ0) is 20.1. The molecule has 1 aromatic carbocycles. The molecule has 1 aromatic rings. The molecule has 1 heterocycles. The molecule has 0 spiro atoms. The highest BCUT2D eigenvalue weighted by atomic mass is 35.6. The van der Waals surface area contributed by atoms with E-state index in [-0.39, 0.29) is 22.7 Å². The number of ether oxygens (including phenoxy) is 1. The van der Waals surface area contributed by atoms with E-state index in [9.17, 15) is 0 Å². The zero-order valence-electron chi connectivity index (χ0n) is 17.0. The summed E-state index contributed by atoms with van der Waals surface area (Å²) in [6.07, 6.45) is -0.910. The smallest absolute Gasteiger partial charge is 0.217 e. The molecule has 0 N–H and O–H groups in total. The van der Waals surface area contributed by atoms with Gasteiger partial charge in [-0.25, -0.2) is 0 Å². The van der Waals surface area contributed by atoms with Gasteiger partial charge in [-0.3, -0.25) is 0 Å². The molecule has 2 rings (SSSR count). The van der Waals surface area contributed by atoms with Crippen molar-refractivity contribution in [1.29, 1.82) is 0 Å². The molecule has 3 atom stereocenters. The molecule has 1 saturated heterocycles. The van der Waals surface area contributed by atoms with Gasteiger partial charge >= 0.3 is 0 Å². The average Bonchev–Trinajstić information content (AvgIpc) is 3.21. The van der Waals surface area contributed by atoms with Gasteiger partial charge < -0.3 is 9.16 Å². The van der Waals surface area contributed by atoms with Crippen molar-refractivity contribution in [2.24, 2.45) is 0 Å². The van der Waals surface area contributed by atoms with Crippen molar-refractivity contribution in [3.05, 3.63) is 35.4 Å². The Hall–Kier alpha value is 0.227. The highest BCUT2D eigenvalue weighted by Gasteiger charge is 2.56. The summed E-state index contributed by atoms with van der Waals surface area (Å²) < 4.78 is 10.8. The Balaban J connectivity index is 2.18. The van der Waals surface area contributed by atoms with Crippen molar-refractivity contribution in [2.75, 3.05) is 0 Å². The van der Waals surface area contributed by atoms with E-state index in [4.69, 9.17) is 44.0 Å². The fourth-order valence-corrected chi connectivity index (χ4v) is 4.64. The van der Waals surface area contributed by atoms with E-state index in [2.05, 4.69) is 78.9 Å². The van der Waals surface area contributed by atoms with Crippen LogP contribution in [0.2, 0.25) is 18.1 Å². The Morgan fingerprint density at radius 3 is 1.85 bits per heavy atom. The molecule has 0 amide bonds. The van der Waals surface area contributed by atoms with Gasteiger partial charge in [0.1, 0.15) is 18.3 Å². The highest BCUT2D eigenvalue weighted by Crippen LogP contribution is 2.51. The number of halogens is 3. The van der Waals surface area contributed by atoms with E-state index < -0.39 is 18.2 Å². The lowest BCUT2D eigenvalue weighted by Crippen LogP contribution is -2.49. The van der Waals surface area contributed by atoms with Gasteiger partial charge in [0, 0.05) is 0 Å². The maximum absolute atomic E-state index is 6.44. The molecule has 0 unspecified atom stereocenters. The maximum atomic E-state index is 6.44. The minimum atomic E-state index is -2.10. The Morgan fingerprint density at radius 2 is 1.46 bits per heavy atom. The predicted molar refractivity (Wildman–Crippen MR) is 115 cm³/mol. The van der Waals surface area contributed by atoms with Crippen LogP contribution in [-0.2, 0) is 14.6 Å². The van der Waals surface area contributed by atoms with Gasteiger partial charge in [-0.15, -0.1) is 0 Å². The molecular weight excluding hydrogens is 407 g/mol. The monoisotopic (exact) mass is 436 g/mol. The topological polar surface area (TPSA) is 21.8 Å². The van der Waals surface area contributed by atoms with Crippen LogP contribution in [0, 0.1) is 0 Å². The summed E-state index contributed by atoms with van der Waals surface area (Å²) in [7, 11) is -2.10. The van der Waals surface area contributed by atoms with Crippen LogP contribution in [-0.4, -0.2) is 24.3 Å². The van der Waals surface area contributed by atoms with Crippen molar-refractivity contribution in [1.82, 2.24) is 0 Å². The van der Waals surface area contributed by atoms with Crippen molar-refractivity contribution in [3.8, 4) is 0 Å². The van der Waals surface area contributed by atoms with Gasteiger partial charge in [0.25, 0.3) is 0 Å². The third-order valence-electron chi connectivity index (χ3n) is 5.48. The minimum absolute atomic E-state index is 0.0277. The van der Waals surface area contributed by atoms with Crippen LogP contribution in [0.15, 0.2) is 24.3 Å².